The molecule has 7 heteroatoms. The van der Waals surface area contributed by atoms with E-state index in [1.54, 1.807) is 6.07 Å². The minimum atomic E-state index is -4.41. The van der Waals surface area contributed by atoms with Crippen molar-refractivity contribution >= 4 is 11.8 Å². The molecule has 0 radical (unpaired) electrons. The molecule has 1 unspecified atom stereocenters. The molecule has 1 aromatic rings. The summed E-state index contributed by atoms with van der Waals surface area (Å²) in [4.78, 5) is 25.9. The summed E-state index contributed by atoms with van der Waals surface area (Å²) < 4.78 is 38.4. The highest BCUT2D eigenvalue weighted by molar-refractivity contribution is 5.89. The average Bonchev–Trinajstić information content (AvgIpc) is 3.23. The van der Waals surface area contributed by atoms with Crippen molar-refractivity contribution in [3.63, 3.8) is 0 Å². The van der Waals surface area contributed by atoms with Gasteiger partial charge in [0, 0.05) is 26.1 Å². The highest BCUT2D eigenvalue weighted by Gasteiger charge is 2.35. The molecule has 0 bridgehead atoms. The molecule has 2 aliphatic rings. The Kier molecular flexibility index (Phi) is 5.53. The maximum Gasteiger partial charge on any atom is 0.416 e. The number of nitrogens with zero attached hydrogens (tertiary/aromatic N) is 1. The summed E-state index contributed by atoms with van der Waals surface area (Å²) in [5.41, 5.74) is -0.312. The van der Waals surface area contributed by atoms with E-state index in [4.69, 9.17) is 0 Å². The molecule has 2 amide bonds. The number of amides is 2. The van der Waals surface area contributed by atoms with E-state index < -0.39 is 17.7 Å². The second-order valence-corrected chi connectivity index (χ2v) is 7.27. The number of carbonyl (C=O) groups is 2. The molecule has 1 aromatic carbocycles. The van der Waals surface area contributed by atoms with Crippen molar-refractivity contribution in [2.45, 2.75) is 44.8 Å². The minimum Gasteiger partial charge on any atom is -0.356 e. The Morgan fingerprint density at radius 3 is 2.65 bits per heavy atom. The number of carbonyl (C=O) groups excluding carboxylic acids is 2. The number of halogens is 3. The zero-order valence-electron chi connectivity index (χ0n) is 14.5. The van der Waals surface area contributed by atoms with E-state index in [9.17, 15) is 22.8 Å². The largest absolute Gasteiger partial charge is 0.416 e. The molecule has 1 heterocycles. The Hall–Kier alpha value is -2.05. The van der Waals surface area contributed by atoms with Gasteiger partial charge < -0.3 is 10.2 Å². The van der Waals surface area contributed by atoms with Crippen molar-refractivity contribution in [3.8, 4) is 0 Å². The number of benzene rings is 1. The minimum absolute atomic E-state index is 0.0924. The summed E-state index contributed by atoms with van der Waals surface area (Å²) in [6.07, 6.45) is 0.376. The van der Waals surface area contributed by atoms with Crippen LogP contribution in [-0.4, -0.2) is 29.8 Å². The summed E-state index contributed by atoms with van der Waals surface area (Å²) in [5, 5.41) is 2.93. The van der Waals surface area contributed by atoms with Crippen LogP contribution in [0.5, 0.6) is 0 Å². The summed E-state index contributed by atoms with van der Waals surface area (Å²) in [5.74, 6) is -0.216. The summed E-state index contributed by atoms with van der Waals surface area (Å²) in [6.45, 7) is 0.998. The molecule has 1 N–H and O–H groups in total. The Labute approximate surface area is 150 Å². The fourth-order valence-electron chi connectivity index (χ4n) is 3.77. The predicted octanol–water partition coefficient (Wildman–Crippen LogP) is 3.36. The van der Waals surface area contributed by atoms with Gasteiger partial charge in [-0.25, -0.2) is 0 Å². The number of likely N-dealkylation sites (tertiary alicyclic amines) is 1. The maximum atomic E-state index is 12.8. The number of nitrogens with one attached hydrogen (secondary N) is 1. The average molecular weight is 368 g/mol. The van der Waals surface area contributed by atoms with Crippen molar-refractivity contribution in [2.75, 3.05) is 13.1 Å². The molecular weight excluding hydrogens is 345 g/mol. The van der Waals surface area contributed by atoms with Gasteiger partial charge in [-0.1, -0.05) is 25.0 Å². The lowest BCUT2D eigenvalue weighted by Crippen LogP contribution is -2.35. The van der Waals surface area contributed by atoms with E-state index in [0.717, 1.165) is 25.0 Å². The fourth-order valence-corrected chi connectivity index (χ4v) is 3.77. The molecule has 0 aromatic heterocycles. The molecule has 1 aliphatic heterocycles. The third-order valence-electron chi connectivity index (χ3n) is 5.25. The standard InChI is InChI=1S/C19H23F3N2O2/c20-19(21,22)16-7-3-6-14(8-16)11-24-12-15(9-17(24)25)18(26)23-10-13-4-1-2-5-13/h3,6-8,13,15H,1-2,4-5,9-12H2,(H,23,26). The van der Waals surface area contributed by atoms with Gasteiger partial charge in [0.25, 0.3) is 0 Å². The highest BCUT2D eigenvalue weighted by atomic mass is 19.4. The summed E-state index contributed by atoms with van der Waals surface area (Å²) >= 11 is 0. The van der Waals surface area contributed by atoms with Crippen LogP contribution in [0.4, 0.5) is 13.2 Å². The second-order valence-electron chi connectivity index (χ2n) is 7.27. The molecule has 4 nitrogen and oxygen atoms in total. The van der Waals surface area contributed by atoms with Crippen LogP contribution in [0.15, 0.2) is 24.3 Å². The first-order valence-corrected chi connectivity index (χ1v) is 9.04. The van der Waals surface area contributed by atoms with Crippen LogP contribution in [0.2, 0.25) is 0 Å². The first-order chi connectivity index (χ1) is 12.3. The maximum absolute atomic E-state index is 12.8. The van der Waals surface area contributed by atoms with Crippen LogP contribution in [0.1, 0.15) is 43.2 Å². The number of rotatable bonds is 5. The highest BCUT2D eigenvalue weighted by Crippen LogP contribution is 2.30. The van der Waals surface area contributed by atoms with E-state index in [1.165, 1.54) is 23.8 Å². The molecular formula is C19H23F3N2O2. The number of hydrogen-bond donors (Lipinski definition) is 1. The smallest absolute Gasteiger partial charge is 0.356 e. The Bertz CT molecular complexity index is 669. The van der Waals surface area contributed by atoms with Crippen molar-refractivity contribution in [1.29, 1.82) is 0 Å². The van der Waals surface area contributed by atoms with Gasteiger partial charge in [-0.05, 0) is 36.5 Å². The van der Waals surface area contributed by atoms with Gasteiger partial charge >= 0.3 is 6.18 Å². The number of alkyl halides is 3. The third-order valence-corrected chi connectivity index (χ3v) is 5.25. The molecule has 1 saturated heterocycles. The van der Waals surface area contributed by atoms with E-state index >= 15 is 0 Å². The molecule has 0 spiro atoms. The molecule has 142 valence electrons. The molecule has 3 rings (SSSR count). The van der Waals surface area contributed by atoms with Crippen molar-refractivity contribution in [2.24, 2.45) is 11.8 Å². The van der Waals surface area contributed by atoms with Gasteiger partial charge in [-0.2, -0.15) is 13.2 Å². The Balaban J connectivity index is 1.55. The van der Waals surface area contributed by atoms with Gasteiger partial charge in [0.1, 0.15) is 0 Å². The topological polar surface area (TPSA) is 49.4 Å². The van der Waals surface area contributed by atoms with Crippen molar-refractivity contribution < 1.29 is 22.8 Å². The quantitative estimate of drug-likeness (QED) is 0.866. The molecule has 2 fully saturated rings. The van der Waals surface area contributed by atoms with Gasteiger partial charge in [0.05, 0.1) is 11.5 Å². The van der Waals surface area contributed by atoms with Crippen LogP contribution < -0.4 is 5.32 Å². The number of hydrogen-bond acceptors (Lipinski definition) is 2. The van der Waals surface area contributed by atoms with Gasteiger partial charge in [-0.15, -0.1) is 0 Å². The van der Waals surface area contributed by atoms with Crippen LogP contribution in [0.25, 0.3) is 0 Å². The van der Waals surface area contributed by atoms with E-state index in [0.29, 0.717) is 18.0 Å². The van der Waals surface area contributed by atoms with E-state index in [2.05, 4.69) is 5.32 Å². The van der Waals surface area contributed by atoms with Gasteiger partial charge in [-0.3, -0.25) is 9.59 Å². The lowest BCUT2D eigenvalue weighted by molar-refractivity contribution is -0.137. The summed E-state index contributed by atoms with van der Waals surface area (Å²) in [6, 6.07) is 4.97. The Morgan fingerprint density at radius 2 is 1.96 bits per heavy atom. The van der Waals surface area contributed by atoms with Crippen LogP contribution >= 0.6 is 0 Å². The summed E-state index contributed by atoms with van der Waals surface area (Å²) in [7, 11) is 0. The monoisotopic (exact) mass is 368 g/mol. The lowest BCUT2D eigenvalue weighted by atomic mass is 10.1. The molecule has 1 saturated carbocycles. The predicted molar refractivity (Wildman–Crippen MR) is 89.9 cm³/mol. The van der Waals surface area contributed by atoms with Crippen molar-refractivity contribution in [3.05, 3.63) is 35.4 Å². The zero-order chi connectivity index (χ0) is 18.7. The van der Waals surface area contributed by atoms with Crippen LogP contribution in [0.3, 0.4) is 0 Å². The van der Waals surface area contributed by atoms with E-state index in [1.807, 2.05) is 0 Å². The third kappa shape index (κ3) is 4.56. The van der Waals surface area contributed by atoms with Crippen LogP contribution in [0, 0.1) is 11.8 Å². The van der Waals surface area contributed by atoms with Gasteiger partial charge in [0.15, 0.2) is 0 Å². The molecule has 1 aliphatic carbocycles. The molecule has 1 atom stereocenters. The Morgan fingerprint density at radius 1 is 1.23 bits per heavy atom. The second kappa shape index (κ2) is 7.68. The van der Waals surface area contributed by atoms with Crippen LogP contribution in [-0.2, 0) is 22.3 Å². The normalized spacial score (nSPS) is 21.4. The van der Waals surface area contributed by atoms with Crippen molar-refractivity contribution in [1.82, 2.24) is 10.2 Å². The first kappa shape index (κ1) is 18.7. The van der Waals surface area contributed by atoms with Gasteiger partial charge in [0.2, 0.25) is 11.8 Å². The zero-order valence-corrected chi connectivity index (χ0v) is 14.5. The fraction of sp³-hybridized carbons (Fsp3) is 0.579. The SMILES string of the molecule is O=C(NCC1CCCC1)C1CC(=O)N(Cc2cccc(C(F)(F)F)c2)C1. The lowest BCUT2D eigenvalue weighted by Gasteiger charge is -2.18. The molecule has 26 heavy (non-hydrogen) atoms. The van der Waals surface area contributed by atoms with E-state index in [-0.39, 0.29) is 31.3 Å². The first-order valence-electron chi connectivity index (χ1n) is 9.04.